The predicted octanol–water partition coefficient (Wildman–Crippen LogP) is -0.0825. The summed E-state index contributed by atoms with van der Waals surface area (Å²) in [5.41, 5.74) is 5.87. The molecule has 0 saturated heterocycles. The fourth-order valence-corrected chi connectivity index (χ4v) is 1.47. The number of aliphatic hydroxyl groups excluding tert-OH is 1. The van der Waals surface area contributed by atoms with Crippen LogP contribution in [0.1, 0.15) is 27.6 Å². The SMILES string of the molecule is CCC1CC1(N)CCO.O.[HH]. The predicted molar refractivity (Wildman–Crippen MR) is 42.7 cm³/mol. The second-order valence-electron chi connectivity index (χ2n) is 3.02. The zero-order chi connectivity index (χ0) is 6.91. The first-order valence-corrected chi connectivity index (χ1v) is 3.62. The van der Waals surface area contributed by atoms with Gasteiger partial charge in [0.1, 0.15) is 0 Å². The van der Waals surface area contributed by atoms with Crippen LogP contribution in [0.2, 0.25) is 0 Å². The van der Waals surface area contributed by atoms with Gasteiger partial charge >= 0.3 is 0 Å². The number of hydrogen-bond donors (Lipinski definition) is 2. The van der Waals surface area contributed by atoms with Crippen molar-refractivity contribution in [3.05, 3.63) is 0 Å². The average Bonchev–Trinajstić information content (AvgIpc) is 2.43. The molecule has 64 valence electrons. The van der Waals surface area contributed by atoms with Crippen molar-refractivity contribution in [3.8, 4) is 0 Å². The van der Waals surface area contributed by atoms with Gasteiger partial charge in [0.2, 0.25) is 0 Å². The molecule has 1 rings (SSSR count). The van der Waals surface area contributed by atoms with Crippen LogP contribution >= 0.6 is 0 Å². The highest BCUT2D eigenvalue weighted by atomic mass is 16.3. The van der Waals surface area contributed by atoms with E-state index in [2.05, 4.69) is 6.92 Å². The smallest absolute Gasteiger partial charge is 0.0448 e. The Kier molecular flexibility index (Phi) is 3.28. The molecule has 5 N–H and O–H groups in total. The second-order valence-corrected chi connectivity index (χ2v) is 3.02. The third-order valence-electron chi connectivity index (χ3n) is 2.35. The van der Waals surface area contributed by atoms with Crippen molar-refractivity contribution >= 4 is 0 Å². The van der Waals surface area contributed by atoms with Crippen LogP contribution in [0, 0.1) is 5.92 Å². The lowest BCUT2D eigenvalue weighted by molar-refractivity contribution is 0.267. The number of aliphatic hydroxyl groups is 1. The molecule has 0 spiro atoms. The van der Waals surface area contributed by atoms with Crippen molar-refractivity contribution in [2.45, 2.75) is 31.7 Å². The number of nitrogens with two attached hydrogens (primary N) is 1. The van der Waals surface area contributed by atoms with E-state index < -0.39 is 0 Å². The van der Waals surface area contributed by atoms with Crippen molar-refractivity contribution in [2.75, 3.05) is 6.61 Å². The van der Waals surface area contributed by atoms with Gasteiger partial charge in [0.15, 0.2) is 0 Å². The average molecular weight is 149 g/mol. The van der Waals surface area contributed by atoms with Crippen LogP contribution in [-0.4, -0.2) is 22.7 Å². The van der Waals surface area contributed by atoms with E-state index in [1.54, 1.807) is 0 Å². The molecule has 10 heavy (non-hydrogen) atoms. The van der Waals surface area contributed by atoms with Gasteiger partial charge in [0.05, 0.1) is 0 Å². The van der Waals surface area contributed by atoms with Crippen molar-refractivity contribution in [1.82, 2.24) is 0 Å². The molecule has 0 aromatic heterocycles. The van der Waals surface area contributed by atoms with E-state index in [0.29, 0.717) is 5.92 Å². The summed E-state index contributed by atoms with van der Waals surface area (Å²) in [5.74, 6) is 0.685. The molecule has 2 atom stereocenters. The Morgan fingerprint density at radius 1 is 1.80 bits per heavy atom. The van der Waals surface area contributed by atoms with Crippen LogP contribution in [0.25, 0.3) is 0 Å². The Balaban J connectivity index is 0. The van der Waals surface area contributed by atoms with Crippen LogP contribution in [0.4, 0.5) is 0 Å². The zero-order valence-electron chi connectivity index (χ0n) is 6.43. The Bertz CT molecular complexity index is 113. The molecule has 3 nitrogen and oxygen atoms in total. The third-order valence-corrected chi connectivity index (χ3v) is 2.35. The molecule has 1 saturated carbocycles. The first-order valence-electron chi connectivity index (χ1n) is 3.62. The molecule has 1 aliphatic carbocycles. The fraction of sp³-hybridized carbons (Fsp3) is 1.00. The minimum Gasteiger partial charge on any atom is -0.412 e. The van der Waals surface area contributed by atoms with Crippen LogP contribution < -0.4 is 5.73 Å². The molecule has 3 heteroatoms. The van der Waals surface area contributed by atoms with E-state index in [4.69, 9.17) is 10.8 Å². The third kappa shape index (κ3) is 1.68. The summed E-state index contributed by atoms with van der Waals surface area (Å²) in [7, 11) is 0. The Morgan fingerprint density at radius 3 is 2.70 bits per heavy atom. The van der Waals surface area contributed by atoms with Crippen LogP contribution in [0.3, 0.4) is 0 Å². The highest BCUT2D eigenvalue weighted by Gasteiger charge is 2.48. The summed E-state index contributed by atoms with van der Waals surface area (Å²) in [6.07, 6.45) is 3.06. The van der Waals surface area contributed by atoms with Crippen molar-refractivity contribution in [1.29, 1.82) is 0 Å². The summed E-state index contributed by atoms with van der Waals surface area (Å²) < 4.78 is 0. The van der Waals surface area contributed by atoms with E-state index in [-0.39, 0.29) is 19.0 Å². The van der Waals surface area contributed by atoms with Gasteiger partial charge in [0.25, 0.3) is 0 Å². The first kappa shape index (κ1) is 9.88. The monoisotopic (exact) mass is 149 g/mol. The minimum absolute atomic E-state index is 0. The summed E-state index contributed by atoms with van der Waals surface area (Å²) >= 11 is 0. The highest BCUT2D eigenvalue weighted by molar-refractivity contribution is 5.06. The van der Waals surface area contributed by atoms with Gasteiger partial charge in [0, 0.05) is 13.6 Å². The summed E-state index contributed by atoms with van der Waals surface area (Å²) in [4.78, 5) is 0. The van der Waals surface area contributed by atoms with E-state index in [1.165, 1.54) is 0 Å². The molecule has 0 heterocycles. The molecule has 0 aromatic carbocycles. The lowest BCUT2D eigenvalue weighted by Gasteiger charge is -2.06. The lowest BCUT2D eigenvalue weighted by atomic mass is 10.1. The maximum Gasteiger partial charge on any atom is 0.0448 e. The molecule has 2 unspecified atom stereocenters. The normalized spacial score (nSPS) is 36.9. The zero-order valence-corrected chi connectivity index (χ0v) is 6.43. The Hall–Kier alpha value is -0.120. The number of rotatable bonds is 3. The van der Waals surface area contributed by atoms with Crippen LogP contribution in [-0.2, 0) is 0 Å². The largest absolute Gasteiger partial charge is 0.412 e. The lowest BCUT2D eigenvalue weighted by Crippen LogP contribution is -2.25. The van der Waals surface area contributed by atoms with E-state index >= 15 is 0 Å². The second kappa shape index (κ2) is 3.32. The molecule has 0 radical (unpaired) electrons. The standard InChI is InChI=1S/C7H15NO.H2O.H2/c1-2-6-5-7(6,8)3-4-9;;/h6,9H,2-5,8H2,1H3;1H2;1H. The molecule has 1 fully saturated rings. The van der Waals surface area contributed by atoms with Gasteiger partial charge in [-0.1, -0.05) is 13.3 Å². The fourth-order valence-electron chi connectivity index (χ4n) is 1.47. The highest BCUT2D eigenvalue weighted by Crippen LogP contribution is 2.45. The van der Waals surface area contributed by atoms with E-state index in [0.717, 1.165) is 19.3 Å². The van der Waals surface area contributed by atoms with Crippen LogP contribution in [0.5, 0.6) is 0 Å². The molecule has 0 amide bonds. The Labute approximate surface area is 63.0 Å². The van der Waals surface area contributed by atoms with Gasteiger partial charge in [-0.2, -0.15) is 0 Å². The molecule has 1 aliphatic rings. The summed E-state index contributed by atoms with van der Waals surface area (Å²) in [5, 5.41) is 8.58. The van der Waals surface area contributed by atoms with Gasteiger partial charge in [-0.15, -0.1) is 0 Å². The molecular formula is C7H19NO2. The topological polar surface area (TPSA) is 77.8 Å². The van der Waals surface area contributed by atoms with Gasteiger partial charge in [-0.05, 0) is 18.8 Å². The van der Waals surface area contributed by atoms with E-state index in [1.807, 2.05) is 0 Å². The molecule has 0 bridgehead atoms. The van der Waals surface area contributed by atoms with Crippen LogP contribution in [0.15, 0.2) is 0 Å². The summed E-state index contributed by atoms with van der Waals surface area (Å²) in [6, 6.07) is 0. The van der Waals surface area contributed by atoms with Crippen molar-refractivity contribution in [3.63, 3.8) is 0 Å². The summed E-state index contributed by atoms with van der Waals surface area (Å²) in [6.45, 7) is 2.39. The van der Waals surface area contributed by atoms with Gasteiger partial charge in [-0.3, -0.25) is 0 Å². The first-order chi connectivity index (χ1) is 4.23. The molecule has 0 aromatic rings. The maximum atomic E-state index is 8.58. The van der Waals surface area contributed by atoms with Crippen molar-refractivity contribution < 1.29 is 12.0 Å². The quantitative estimate of drug-likeness (QED) is 0.588. The maximum absolute atomic E-state index is 8.58. The molecular weight excluding hydrogens is 130 g/mol. The number of hydrogen-bond acceptors (Lipinski definition) is 2. The Morgan fingerprint density at radius 2 is 2.40 bits per heavy atom. The molecule has 0 aliphatic heterocycles. The minimum atomic E-state index is 0. The van der Waals surface area contributed by atoms with Gasteiger partial charge < -0.3 is 16.3 Å². The van der Waals surface area contributed by atoms with Crippen molar-refractivity contribution in [2.24, 2.45) is 11.7 Å². The van der Waals surface area contributed by atoms with E-state index in [9.17, 15) is 0 Å². The van der Waals surface area contributed by atoms with Gasteiger partial charge in [-0.25, -0.2) is 0 Å².